The average Bonchev–Trinajstić information content (AvgIpc) is 2.92. The number of halogens is 1. The van der Waals surface area contributed by atoms with E-state index in [-0.39, 0.29) is 5.56 Å². The molecular weight excluding hydrogens is 328 g/mol. The first-order valence-electron chi connectivity index (χ1n) is 5.72. The first-order valence-corrected chi connectivity index (χ1v) is 7.39. The Kier molecular flexibility index (Phi) is 3.02. The molecule has 3 heterocycles. The minimum absolute atomic E-state index is 0.0874. The van der Waals surface area contributed by atoms with E-state index in [4.69, 9.17) is 0 Å². The van der Waals surface area contributed by atoms with Gasteiger partial charge in [-0.2, -0.15) is 5.10 Å². The fourth-order valence-corrected chi connectivity index (χ4v) is 2.98. The fraction of sp³-hybridized carbons (Fsp3) is 0.250. The summed E-state index contributed by atoms with van der Waals surface area (Å²) in [5.74, 6) is 0.619. The highest BCUT2D eigenvalue weighted by Crippen LogP contribution is 2.20. The van der Waals surface area contributed by atoms with Gasteiger partial charge in [0.25, 0.3) is 5.56 Å². The number of aryl methyl sites for hydroxylation is 1. The SMILES string of the molecule is Cc1nn(Cc2nc3ccsc3c(=O)[nH]2)c(C)c1Br. The Bertz CT molecular complexity index is 817. The largest absolute Gasteiger partial charge is 0.308 e. The van der Waals surface area contributed by atoms with E-state index in [0.717, 1.165) is 21.4 Å². The van der Waals surface area contributed by atoms with Gasteiger partial charge in [-0.05, 0) is 41.2 Å². The third-order valence-electron chi connectivity index (χ3n) is 2.96. The number of thiophene rings is 1. The summed E-state index contributed by atoms with van der Waals surface area (Å²) >= 11 is 4.89. The molecule has 1 N–H and O–H groups in total. The third kappa shape index (κ3) is 2.12. The number of fused-ring (bicyclic) bond motifs is 1. The van der Waals surface area contributed by atoms with Crippen LogP contribution in [0.4, 0.5) is 0 Å². The van der Waals surface area contributed by atoms with Crippen LogP contribution in [0.3, 0.4) is 0 Å². The zero-order valence-electron chi connectivity index (χ0n) is 10.4. The lowest BCUT2D eigenvalue weighted by Crippen LogP contribution is -2.14. The number of hydrogen-bond donors (Lipinski definition) is 1. The number of H-pyrrole nitrogens is 1. The van der Waals surface area contributed by atoms with Crippen molar-refractivity contribution in [2.75, 3.05) is 0 Å². The quantitative estimate of drug-likeness (QED) is 0.781. The Morgan fingerprint density at radius 3 is 2.95 bits per heavy atom. The van der Waals surface area contributed by atoms with Crippen molar-refractivity contribution in [1.29, 1.82) is 0 Å². The Hall–Kier alpha value is -1.47. The minimum Gasteiger partial charge on any atom is -0.308 e. The van der Waals surface area contributed by atoms with Gasteiger partial charge in [-0.1, -0.05) is 0 Å². The molecule has 98 valence electrons. The molecule has 19 heavy (non-hydrogen) atoms. The summed E-state index contributed by atoms with van der Waals surface area (Å²) in [5, 5.41) is 6.28. The summed E-state index contributed by atoms with van der Waals surface area (Å²) < 4.78 is 3.49. The number of nitrogens with zero attached hydrogens (tertiary/aromatic N) is 3. The highest BCUT2D eigenvalue weighted by Gasteiger charge is 2.11. The van der Waals surface area contributed by atoms with Gasteiger partial charge in [-0.15, -0.1) is 11.3 Å². The van der Waals surface area contributed by atoms with Crippen molar-refractivity contribution in [1.82, 2.24) is 19.7 Å². The van der Waals surface area contributed by atoms with Crippen molar-refractivity contribution >= 4 is 37.5 Å². The van der Waals surface area contributed by atoms with Crippen molar-refractivity contribution in [3.05, 3.63) is 43.5 Å². The fourth-order valence-electron chi connectivity index (χ4n) is 1.97. The molecule has 0 atom stereocenters. The lowest BCUT2D eigenvalue weighted by atomic mass is 10.4. The van der Waals surface area contributed by atoms with E-state index in [2.05, 4.69) is 31.0 Å². The summed E-state index contributed by atoms with van der Waals surface area (Å²) in [4.78, 5) is 19.1. The Labute approximate surface area is 121 Å². The Morgan fingerprint density at radius 2 is 2.26 bits per heavy atom. The topological polar surface area (TPSA) is 63.6 Å². The highest BCUT2D eigenvalue weighted by molar-refractivity contribution is 9.10. The number of nitrogens with one attached hydrogen (secondary N) is 1. The molecule has 0 spiro atoms. The molecular formula is C12H11BrN4OS. The zero-order chi connectivity index (χ0) is 13.6. The van der Waals surface area contributed by atoms with Gasteiger partial charge in [0, 0.05) is 0 Å². The van der Waals surface area contributed by atoms with Crippen LogP contribution in [0.2, 0.25) is 0 Å². The molecule has 0 bridgehead atoms. The van der Waals surface area contributed by atoms with Crippen LogP contribution in [0, 0.1) is 13.8 Å². The van der Waals surface area contributed by atoms with Crippen molar-refractivity contribution in [2.45, 2.75) is 20.4 Å². The van der Waals surface area contributed by atoms with Crippen LogP contribution in [0.25, 0.3) is 10.2 Å². The molecule has 0 aliphatic rings. The molecule has 0 radical (unpaired) electrons. The molecule has 0 saturated carbocycles. The van der Waals surface area contributed by atoms with E-state index < -0.39 is 0 Å². The molecule has 0 amide bonds. The van der Waals surface area contributed by atoms with Crippen LogP contribution < -0.4 is 5.56 Å². The molecule has 0 aliphatic heterocycles. The number of aromatic amines is 1. The van der Waals surface area contributed by atoms with Crippen molar-refractivity contribution in [2.24, 2.45) is 0 Å². The van der Waals surface area contributed by atoms with Crippen LogP contribution in [0.5, 0.6) is 0 Å². The average molecular weight is 339 g/mol. The predicted molar refractivity (Wildman–Crippen MR) is 78.7 cm³/mol. The Morgan fingerprint density at radius 1 is 1.47 bits per heavy atom. The highest BCUT2D eigenvalue weighted by atomic mass is 79.9. The van der Waals surface area contributed by atoms with Crippen LogP contribution in [0.15, 0.2) is 20.7 Å². The number of rotatable bonds is 2. The maximum atomic E-state index is 11.9. The first kappa shape index (κ1) is 12.6. The maximum Gasteiger partial charge on any atom is 0.268 e. The maximum absolute atomic E-state index is 11.9. The summed E-state index contributed by atoms with van der Waals surface area (Å²) in [6, 6.07) is 1.86. The molecule has 3 rings (SSSR count). The van der Waals surface area contributed by atoms with Gasteiger partial charge in [0.2, 0.25) is 0 Å². The van der Waals surface area contributed by atoms with Crippen molar-refractivity contribution < 1.29 is 0 Å². The van der Waals surface area contributed by atoms with Gasteiger partial charge in [-0.3, -0.25) is 9.48 Å². The number of aromatic nitrogens is 4. The van der Waals surface area contributed by atoms with Gasteiger partial charge in [0.05, 0.1) is 27.9 Å². The first-order chi connectivity index (χ1) is 9.06. The molecule has 0 aliphatic carbocycles. The lowest BCUT2D eigenvalue weighted by Gasteiger charge is -2.04. The van der Waals surface area contributed by atoms with Crippen molar-refractivity contribution in [3.63, 3.8) is 0 Å². The number of hydrogen-bond acceptors (Lipinski definition) is 4. The molecule has 0 saturated heterocycles. The standard InChI is InChI=1S/C12H11BrN4OS/c1-6-10(13)7(2)17(16-6)5-9-14-8-3-4-19-11(8)12(18)15-9/h3-4H,5H2,1-2H3,(H,14,15,18). The van der Waals surface area contributed by atoms with Crippen LogP contribution in [-0.2, 0) is 6.54 Å². The third-order valence-corrected chi connectivity index (χ3v) is 5.01. The summed E-state index contributed by atoms with van der Waals surface area (Å²) in [7, 11) is 0. The van der Waals surface area contributed by atoms with E-state index in [9.17, 15) is 4.79 Å². The van der Waals surface area contributed by atoms with E-state index in [1.54, 1.807) is 0 Å². The van der Waals surface area contributed by atoms with E-state index >= 15 is 0 Å². The summed E-state index contributed by atoms with van der Waals surface area (Å²) in [6.45, 7) is 4.37. The zero-order valence-corrected chi connectivity index (χ0v) is 12.8. The monoisotopic (exact) mass is 338 g/mol. The van der Waals surface area contributed by atoms with Gasteiger partial charge in [0.1, 0.15) is 10.5 Å². The van der Waals surface area contributed by atoms with E-state index in [0.29, 0.717) is 17.1 Å². The second-order valence-electron chi connectivity index (χ2n) is 4.29. The van der Waals surface area contributed by atoms with Gasteiger partial charge in [-0.25, -0.2) is 4.98 Å². The summed E-state index contributed by atoms with van der Waals surface area (Å²) in [6.07, 6.45) is 0. The molecule has 3 aromatic heterocycles. The van der Waals surface area contributed by atoms with E-state index in [1.807, 2.05) is 30.0 Å². The van der Waals surface area contributed by atoms with Gasteiger partial charge in [0.15, 0.2) is 0 Å². The molecule has 5 nitrogen and oxygen atoms in total. The van der Waals surface area contributed by atoms with E-state index in [1.165, 1.54) is 11.3 Å². The second kappa shape index (κ2) is 4.57. The molecule has 3 aromatic rings. The molecule has 0 aromatic carbocycles. The Balaban J connectivity index is 2.05. The molecule has 0 fully saturated rings. The predicted octanol–water partition coefficient (Wildman–Crippen LogP) is 2.61. The normalized spacial score (nSPS) is 11.3. The smallest absolute Gasteiger partial charge is 0.268 e. The van der Waals surface area contributed by atoms with Gasteiger partial charge < -0.3 is 4.98 Å². The van der Waals surface area contributed by atoms with Crippen molar-refractivity contribution in [3.8, 4) is 0 Å². The summed E-state index contributed by atoms with van der Waals surface area (Å²) in [5.41, 5.74) is 2.60. The van der Waals surface area contributed by atoms with Crippen LogP contribution in [0.1, 0.15) is 17.2 Å². The van der Waals surface area contributed by atoms with Gasteiger partial charge >= 0.3 is 0 Å². The van der Waals surface area contributed by atoms with Crippen LogP contribution in [-0.4, -0.2) is 19.7 Å². The molecule has 7 heteroatoms. The second-order valence-corrected chi connectivity index (χ2v) is 6.00. The minimum atomic E-state index is -0.0874. The van der Waals surface area contributed by atoms with Crippen LogP contribution >= 0.6 is 27.3 Å². The molecule has 0 unspecified atom stereocenters. The lowest BCUT2D eigenvalue weighted by molar-refractivity contribution is 0.632.